The standard InChI is InChI=1S/C18H23N3O3/c1-19-9-10-20-16(22)12-7-8-14-15(11-12)18(24)21(17(14)23)13-5-3-2-4-6-13/h7-8,11,13,19H,2-6,9-10H2,1H3,(H,20,22). The predicted octanol–water partition coefficient (Wildman–Crippen LogP) is 1.56. The van der Waals surface area contributed by atoms with Crippen LogP contribution in [0.25, 0.3) is 0 Å². The zero-order chi connectivity index (χ0) is 17.1. The predicted molar refractivity (Wildman–Crippen MR) is 90.1 cm³/mol. The van der Waals surface area contributed by atoms with Crippen molar-refractivity contribution in [2.24, 2.45) is 0 Å². The van der Waals surface area contributed by atoms with Crippen LogP contribution in [0, 0.1) is 0 Å². The van der Waals surface area contributed by atoms with Crippen molar-refractivity contribution in [3.05, 3.63) is 34.9 Å². The number of benzene rings is 1. The molecule has 1 aliphatic heterocycles. The lowest BCUT2D eigenvalue weighted by molar-refractivity contribution is 0.0549. The maximum Gasteiger partial charge on any atom is 0.261 e. The van der Waals surface area contributed by atoms with Gasteiger partial charge in [0.25, 0.3) is 17.7 Å². The quantitative estimate of drug-likeness (QED) is 0.635. The van der Waals surface area contributed by atoms with E-state index in [0.717, 1.165) is 32.1 Å². The van der Waals surface area contributed by atoms with Crippen LogP contribution in [0.15, 0.2) is 18.2 Å². The molecule has 0 spiro atoms. The first-order valence-electron chi connectivity index (χ1n) is 8.58. The Labute approximate surface area is 141 Å². The summed E-state index contributed by atoms with van der Waals surface area (Å²) >= 11 is 0. The van der Waals surface area contributed by atoms with Gasteiger partial charge in [-0.25, -0.2) is 0 Å². The van der Waals surface area contributed by atoms with Gasteiger partial charge in [0.15, 0.2) is 0 Å². The van der Waals surface area contributed by atoms with Crippen molar-refractivity contribution in [1.29, 1.82) is 0 Å². The Morgan fingerprint density at radius 2 is 1.79 bits per heavy atom. The lowest BCUT2D eigenvalue weighted by atomic mass is 9.94. The van der Waals surface area contributed by atoms with E-state index in [2.05, 4.69) is 10.6 Å². The first-order chi connectivity index (χ1) is 11.6. The Balaban J connectivity index is 1.79. The fraction of sp³-hybridized carbons (Fsp3) is 0.500. The smallest absolute Gasteiger partial charge is 0.261 e. The Bertz CT molecular complexity index is 665. The summed E-state index contributed by atoms with van der Waals surface area (Å²) in [4.78, 5) is 38.9. The van der Waals surface area contributed by atoms with Crippen LogP contribution < -0.4 is 10.6 Å². The molecule has 2 N–H and O–H groups in total. The van der Waals surface area contributed by atoms with E-state index < -0.39 is 0 Å². The van der Waals surface area contributed by atoms with Crippen molar-refractivity contribution in [2.75, 3.05) is 20.1 Å². The van der Waals surface area contributed by atoms with Crippen molar-refractivity contribution in [1.82, 2.24) is 15.5 Å². The molecule has 1 fully saturated rings. The first-order valence-corrected chi connectivity index (χ1v) is 8.58. The third-order valence-electron chi connectivity index (χ3n) is 4.78. The molecule has 0 atom stereocenters. The monoisotopic (exact) mass is 329 g/mol. The van der Waals surface area contributed by atoms with Crippen molar-refractivity contribution < 1.29 is 14.4 Å². The number of rotatable bonds is 5. The van der Waals surface area contributed by atoms with E-state index in [1.54, 1.807) is 18.2 Å². The number of carbonyl (C=O) groups excluding carboxylic acids is 3. The van der Waals surface area contributed by atoms with E-state index in [9.17, 15) is 14.4 Å². The van der Waals surface area contributed by atoms with Gasteiger partial charge in [0.2, 0.25) is 0 Å². The van der Waals surface area contributed by atoms with Gasteiger partial charge in [0.1, 0.15) is 0 Å². The van der Waals surface area contributed by atoms with Gasteiger partial charge in [-0.15, -0.1) is 0 Å². The molecule has 1 heterocycles. The summed E-state index contributed by atoms with van der Waals surface area (Å²) in [6.45, 7) is 1.18. The second kappa shape index (κ2) is 7.13. The Kier molecular flexibility index (Phi) is 4.94. The van der Waals surface area contributed by atoms with E-state index in [4.69, 9.17) is 0 Å². The molecule has 2 aliphatic rings. The number of amides is 3. The number of carbonyl (C=O) groups is 3. The summed E-state index contributed by atoms with van der Waals surface area (Å²) in [5.74, 6) is -0.708. The van der Waals surface area contributed by atoms with Crippen LogP contribution in [-0.4, -0.2) is 48.8 Å². The van der Waals surface area contributed by atoms with E-state index in [1.807, 2.05) is 7.05 Å². The Morgan fingerprint density at radius 3 is 2.50 bits per heavy atom. The van der Waals surface area contributed by atoms with Gasteiger partial charge in [-0.05, 0) is 38.1 Å². The fourth-order valence-electron chi connectivity index (χ4n) is 3.47. The average Bonchev–Trinajstić information content (AvgIpc) is 2.86. The van der Waals surface area contributed by atoms with Gasteiger partial charge in [-0.1, -0.05) is 19.3 Å². The normalized spacial score (nSPS) is 18.0. The minimum Gasteiger partial charge on any atom is -0.351 e. The Hall–Kier alpha value is -2.21. The molecule has 6 heteroatoms. The zero-order valence-corrected chi connectivity index (χ0v) is 13.9. The summed E-state index contributed by atoms with van der Waals surface area (Å²) in [6.07, 6.45) is 5.02. The summed E-state index contributed by atoms with van der Waals surface area (Å²) in [5, 5.41) is 5.73. The number of fused-ring (bicyclic) bond motifs is 1. The molecule has 6 nitrogen and oxygen atoms in total. The van der Waals surface area contributed by atoms with E-state index in [0.29, 0.717) is 29.8 Å². The lowest BCUT2D eigenvalue weighted by Crippen LogP contribution is -2.40. The second-order valence-electron chi connectivity index (χ2n) is 6.39. The average molecular weight is 329 g/mol. The van der Waals surface area contributed by atoms with Crippen molar-refractivity contribution in [3.63, 3.8) is 0 Å². The van der Waals surface area contributed by atoms with Crippen LogP contribution in [-0.2, 0) is 0 Å². The number of likely N-dealkylation sites (N-methyl/N-ethyl adjacent to an activating group) is 1. The highest BCUT2D eigenvalue weighted by molar-refractivity contribution is 6.22. The van der Waals surface area contributed by atoms with Crippen molar-refractivity contribution in [2.45, 2.75) is 38.1 Å². The Morgan fingerprint density at radius 1 is 1.08 bits per heavy atom. The molecule has 0 aromatic heterocycles. The molecular formula is C18H23N3O3. The number of hydrogen-bond acceptors (Lipinski definition) is 4. The maximum absolute atomic E-state index is 12.7. The van der Waals surface area contributed by atoms with E-state index in [1.165, 1.54) is 4.90 Å². The maximum atomic E-state index is 12.7. The SMILES string of the molecule is CNCCNC(=O)c1ccc2c(c1)C(=O)N(C1CCCCC1)C2=O. The lowest BCUT2D eigenvalue weighted by Gasteiger charge is -2.29. The molecule has 24 heavy (non-hydrogen) atoms. The van der Waals surface area contributed by atoms with Gasteiger partial charge in [-0.2, -0.15) is 0 Å². The third kappa shape index (κ3) is 3.06. The summed E-state index contributed by atoms with van der Waals surface area (Å²) in [7, 11) is 1.81. The van der Waals surface area contributed by atoms with Crippen molar-refractivity contribution in [3.8, 4) is 0 Å². The summed E-state index contributed by atoms with van der Waals surface area (Å²) in [5.41, 5.74) is 1.18. The van der Waals surface area contributed by atoms with Gasteiger partial charge < -0.3 is 10.6 Å². The molecule has 0 bridgehead atoms. The van der Waals surface area contributed by atoms with E-state index >= 15 is 0 Å². The van der Waals surface area contributed by atoms with Gasteiger partial charge >= 0.3 is 0 Å². The largest absolute Gasteiger partial charge is 0.351 e. The fourth-order valence-corrected chi connectivity index (χ4v) is 3.47. The molecule has 3 amide bonds. The molecule has 1 aromatic rings. The molecule has 0 unspecified atom stereocenters. The first kappa shape index (κ1) is 16.6. The highest BCUT2D eigenvalue weighted by Crippen LogP contribution is 2.31. The zero-order valence-electron chi connectivity index (χ0n) is 13.9. The minimum absolute atomic E-state index is 0.000875. The molecule has 128 valence electrons. The van der Waals surface area contributed by atoms with Crippen LogP contribution in [0.4, 0.5) is 0 Å². The highest BCUT2D eigenvalue weighted by Gasteiger charge is 2.40. The number of hydrogen-bond donors (Lipinski definition) is 2. The van der Waals surface area contributed by atoms with Crippen LogP contribution in [0.5, 0.6) is 0 Å². The molecule has 3 rings (SSSR count). The highest BCUT2D eigenvalue weighted by atomic mass is 16.2. The van der Waals surface area contributed by atoms with E-state index in [-0.39, 0.29) is 23.8 Å². The van der Waals surface area contributed by atoms with Crippen LogP contribution in [0.3, 0.4) is 0 Å². The molecular weight excluding hydrogens is 306 g/mol. The van der Waals surface area contributed by atoms with Gasteiger partial charge in [0.05, 0.1) is 11.1 Å². The topological polar surface area (TPSA) is 78.5 Å². The minimum atomic E-state index is -0.258. The molecule has 0 saturated heterocycles. The number of nitrogens with zero attached hydrogens (tertiary/aromatic N) is 1. The summed E-state index contributed by atoms with van der Waals surface area (Å²) in [6, 6.07) is 4.76. The molecule has 1 aliphatic carbocycles. The molecule has 1 aromatic carbocycles. The molecule has 1 saturated carbocycles. The number of imide groups is 1. The van der Waals surface area contributed by atoms with Gasteiger partial charge in [0, 0.05) is 24.7 Å². The second-order valence-corrected chi connectivity index (χ2v) is 6.39. The van der Waals surface area contributed by atoms with Crippen LogP contribution in [0.2, 0.25) is 0 Å². The third-order valence-corrected chi connectivity index (χ3v) is 4.78. The number of nitrogens with one attached hydrogen (secondary N) is 2. The molecule has 0 radical (unpaired) electrons. The van der Waals surface area contributed by atoms with Crippen molar-refractivity contribution >= 4 is 17.7 Å². The van der Waals surface area contributed by atoms with Crippen LogP contribution >= 0.6 is 0 Å². The van der Waals surface area contributed by atoms with Gasteiger partial charge in [-0.3, -0.25) is 19.3 Å². The summed E-state index contributed by atoms with van der Waals surface area (Å²) < 4.78 is 0. The van der Waals surface area contributed by atoms with Crippen LogP contribution in [0.1, 0.15) is 63.2 Å².